The van der Waals surface area contributed by atoms with E-state index in [1.807, 2.05) is 18.2 Å². The summed E-state index contributed by atoms with van der Waals surface area (Å²) >= 11 is 0. The predicted molar refractivity (Wildman–Crippen MR) is 104 cm³/mol. The molecule has 0 atom stereocenters. The van der Waals surface area contributed by atoms with Crippen molar-refractivity contribution >= 4 is 23.6 Å². The Morgan fingerprint density at radius 3 is 2.29 bits per heavy atom. The van der Waals surface area contributed by atoms with E-state index in [1.54, 1.807) is 54.6 Å². The van der Waals surface area contributed by atoms with Gasteiger partial charge >= 0.3 is 5.97 Å². The van der Waals surface area contributed by atoms with E-state index in [2.05, 4.69) is 5.32 Å². The van der Waals surface area contributed by atoms with Crippen molar-refractivity contribution in [3.8, 4) is 11.5 Å². The first-order valence-electron chi connectivity index (χ1n) is 8.37. The molecule has 0 aromatic heterocycles. The SMILES string of the molecule is O=C(O)/C(F)=C/c1ccccc1NC(=O)c1ccccc1Oc1ccccc1. The first kappa shape index (κ1) is 18.8. The number of nitrogens with one attached hydrogen (secondary N) is 1. The second kappa shape index (κ2) is 8.64. The number of rotatable bonds is 6. The third-order valence-corrected chi connectivity index (χ3v) is 3.80. The number of carboxylic acid groups (broad SMARTS) is 1. The Morgan fingerprint density at radius 1 is 0.893 bits per heavy atom. The molecule has 1 amide bonds. The Labute approximate surface area is 160 Å². The van der Waals surface area contributed by atoms with Crippen LogP contribution in [-0.4, -0.2) is 17.0 Å². The van der Waals surface area contributed by atoms with E-state index >= 15 is 0 Å². The van der Waals surface area contributed by atoms with Gasteiger partial charge in [0.15, 0.2) is 0 Å². The summed E-state index contributed by atoms with van der Waals surface area (Å²) in [7, 11) is 0. The number of aliphatic carboxylic acids is 1. The lowest BCUT2D eigenvalue weighted by Gasteiger charge is -2.12. The molecule has 0 spiro atoms. The summed E-state index contributed by atoms with van der Waals surface area (Å²) in [5, 5.41) is 11.4. The van der Waals surface area contributed by atoms with Gasteiger partial charge in [0.1, 0.15) is 11.5 Å². The van der Waals surface area contributed by atoms with Gasteiger partial charge in [0.05, 0.1) is 5.56 Å². The normalized spacial score (nSPS) is 11.0. The van der Waals surface area contributed by atoms with Crippen molar-refractivity contribution < 1.29 is 23.8 Å². The van der Waals surface area contributed by atoms with Crippen molar-refractivity contribution in [3.05, 3.63) is 95.8 Å². The summed E-state index contributed by atoms with van der Waals surface area (Å²) in [6, 6.07) is 22.1. The fourth-order valence-corrected chi connectivity index (χ4v) is 2.48. The number of carbonyl (C=O) groups is 2. The van der Waals surface area contributed by atoms with Crippen LogP contribution < -0.4 is 10.1 Å². The summed E-state index contributed by atoms with van der Waals surface area (Å²) in [6.45, 7) is 0. The predicted octanol–water partition coefficient (Wildman–Crippen LogP) is 5.13. The Balaban J connectivity index is 1.87. The topological polar surface area (TPSA) is 75.6 Å². The summed E-state index contributed by atoms with van der Waals surface area (Å²) in [4.78, 5) is 23.5. The van der Waals surface area contributed by atoms with E-state index < -0.39 is 17.7 Å². The second-order valence-electron chi connectivity index (χ2n) is 5.75. The van der Waals surface area contributed by atoms with Gasteiger partial charge in [-0.15, -0.1) is 0 Å². The molecule has 6 heteroatoms. The minimum Gasteiger partial charge on any atom is -0.476 e. The lowest BCUT2D eigenvalue weighted by molar-refractivity contribution is -0.134. The molecule has 0 heterocycles. The van der Waals surface area contributed by atoms with Crippen molar-refractivity contribution in [2.75, 3.05) is 5.32 Å². The molecule has 0 radical (unpaired) electrons. The van der Waals surface area contributed by atoms with Gasteiger partial charge in [0.25, 0.3) is 5.91 Å². The van der Waals surface area contributed by atoms with Crippen molar-refractivity contribution in [2.24, 2.45) is 0 Å². The molecule has 0 aliphatic rings. The van der Waals surface area contributed by atoms with Crippen LogP contribution in [-0.2, 0) is 4.79 Å². The Hall–Kier alpha value is -3.93. The number of carbonyl (C=O) groups excluding carboxylic acids is 1. The molecule has 0 saturated heterocycles. The summed E-state index contributed by atoms with van der Waals surface area (Å²) < 4.78 is 19.3. The average Bonchev–Trinajstić information content (AvgIpc) is 2.70. The van der Waals surface area contributed by atoms with Gasteiger partial charge in [-0.1, -0.05) is 48.5 Å². The van der Waals surface area contributed by atoms with Crippen LogP contribution >= 0.6 is 0 Å². The van der Waals surface area contributed by atoms with Crippen LogP contribution in [0.15, 0.2) is 84.7 Å². The molecule has 0 unspecified atom stereocenters. The molecule has 2 N–H and O–H groups in total. The third kappa shape index (κ3) is 4.62. The maximum Gasteiger partial charge on any atom is 0.364 e. The third-order valence-electron chi connectivity index (χ3n) is 3.80. The minimum absolute atomic E-state index is 0.234. The van der Waals surface area contributed by atoms with Gasteiger partial charge in [-0.3, -0.25) is 4.79 Å². The maximum absolute atomic E-state index is 13.5. The van der Waals surface area contributed by atoms with Gasteiger partial charge in [-0.2, -0.15) is 4.39 Å². The number of benzene rings is 3. The summed E-state index contributed by atoms with van der Waals surface area (Å²) in [5.74, 6) is -2.54. The molecule has 0 aliphatic heterocycles. The molecule has 3 aromatic carbocycles. The van der Waals surface area contributed by atoms with Crippen LogP contribution in [0.2, 0.25) is 0 Å². The van der Waals surface area contributed by atoms with Crippen LogP contribution in [0.4, 0.5) is 10.1 Å². The zero-order valence-corrected chi connectivity index (χ0v) is 14.6. The zero-order chi connectivity index (χ0) is 19.9. The number of anilines is 1. The summed E-state index contributed by atoms with van der Waals surface area (Å²) in [5.41, 5.74) is 0.791. The fraction of sp³-hybridized carbons (Fsp3) is 0. The van der Waals surface area contributed by atoms with Crippen LogP contribution in [0.1, 0.15) is 15.9 Å². The lowest BCUT2D eigenvalue weighted by atomic mass is 10.1. The highest BCUT2D eigenvalue weighted by molar-refractivity contribution is 6.07. The standard InChI is InChI=1S/C22H16FNO4/c23-18(22(26)27)14-15-8-4-6-12-19(15)24-21(25)17-11-5-7-13-20(17)28-16-9-2-1-3-10-16/h1-14H,(H,24,25)(H,26,27)/b18-14-. The maximum atomic E-state index is 13.5. The molecule has 0 aliphatic carbocycles. The van der Waals surface area contributed by atoms with Crippen LogP contribution in [0.25, 0.3) is 6.08 Å². The molecule has 28 heavy (non-hydrogen) atoms. The molecular formula is C22H16FNO4. The molecule has 0 fully saturated rings. The van der Waals surface area contributed by atoms with E-state index in [9.17, 15) is 14.0 Å². The molecule has 0 saturated carbocycles. The zero-order valence-electron chi connectivity index (χ0n) is 14.6. The van der Waals surface area contributed by atoms with E-state index in [0.29, 0.717) is 11.5 Å². The fourth-order valence-electron chi connectivity index (χ4n) is 2.48. The molecular weight excluding hydrogens is 361 g/mol. The van der Waals surface area contributed by atoms with E-state index in [4.69, 9.17) is 9.84 Å². The molecule has 5 nitrogen and oxygen atoms in total. The largest absolute Gasteiger partial charge is 0.476 e. The van der Waals surface area contributed by atoms with Crippen molar-refractivity contribution in [1.29, 1.82) is 0 Å². The average molecular weight is 377 g/mol. The monoisotopic (exact) mass is 377 g/mol. The number of halogens is 1. The number of ether oxygens (including phenoxy) is 1. The number of hydrogen-bond acceptors (Lipinski definition) is 3. The lowest BCUT2D eigenvalue weighted by Crippen LogP contribution is -2.13. The molecule has 140 valence electrons. The highest BCUT2D eigenvalue weighted by Crippen LogP contribution is 2.27. The van der Waals surface area contributed by atoms with Crippen molar-refractivity contribution in [2.45, 2.75) is 0 Å². The Bertz CT molecular complexity index is 1030. The van der Waals surface area contributed by atoms with Crippen molar-refractivity contribution in [1.82, 2.24) is 0 Å². The van der Waals surface area contributed by atoms with Gasteiger partial charge in [0.2, 0.25) is 5.83 Å². The van der Waals surface area contributed by atoms with Crippen LogP contribution in [0, 0.1) is 0 Å². The first-order chi connectivity index (χ1) is 13.5. The molecule has 0 bridgehead atoms. The Kier molecular flexibility index (Phi) is 5.81. The van der Waals surface area contributed by atoms with Crippen molar-refractivity contribution in [3.63, 3.8) is 0 Å². The van der Waals surface area contributed by atoms with Gasteiger partial charge in [-0.25, -0.2) is 4.79 Å². The second-order valence-corrected chi connectivity index (χ2v) is 5.75. The van der Waals surface area contributed by atoms with E-state index in [-0.39, 0.29) is 16.8 Å². The van der Waals surface area contributed by atoms with E-state index in [1.165, 1.54) is 6.07 Å². The van der Waals surface area contributed by atoms with Gasteiger partial charge < -0.3 is 15.2 Å². The smallest absolute Gasteiger partial charge is 0.364 e. The van der Waals surface area contributed by atoms with Crippen LogP contribution in [0.5, 0.6) is 11.5 Å². The van der Waals surface area contributed by atoms with Gasteiger partial charge in [0, 0.05) is 11.3 Å². The van der Waals surface area contributed by atoms with Gasteiger partial charge in [-0.05, 0) is 36.4 Å². The molecule has 3 rings (SSSR count). The number of amides is 1. The number of para-hydroxylation sites is 3. The number of hydrogen-bond donors (Lipinski definition) is 2. The minimum atomic E-state index is -1.68. The molecule has 3 aromatic rings. The summed E-state index contributed by atoms with van der Waals surface area (Å²) in [6.07, 6.45) is 0.852. The number of carboxylic acids is 1. The highest BCUT2D eigenvalue weighted by Gasteiger charge is 2.15. The van der Waals surface area contributed by atoms with Crippen LogP contribution in [0.3, 0.4) is 0 Å². The first-order valence-corrected chi connectivity index (χ1v) is 8.37. The highest BCUT2D eigenvalue weighted by atomic mass is 19.1. The Morgan fingerprint density at radius 2 is 1.54 bits per heavy atom. The van der Waals surface area contributed by atoms with E-state index in [0.717, 1.165) is 6.08 Å². The quantitative estimate of drug-likeness (QED) is 0.584.